The van der Waals surface area contributed by atoms with E-state index in [0.29, 0.717) is 41.7 Å². The van der Waals surface area contributed by atoms with Crippen LogP contribution in [-0.4, -0.2) is 24.4 Å². The normalized spacial score (nSPS) is 11.6. The Hall–Kier alpha value is -3.68. The molecular formula is C28H24F5NO2. The van der Waals surface area contributed by atoms with Gasteiger partial charge >= 0.3 is 6.18 Å². The fourth-order valence-electron chi connectivity index (χ4n) is 3.80. The second-order valence-electron chi connectivity index (χ2n) is 8.37. The fourth-order valence-corrected chi connectivity index (χ4v) is 3.80. The van der Waals surface area contributed by atoms with Crippen molar-refractivity contribution in [3.8, 4) is 22.8 Å². The number of ether oxygens (including phenoxy) is 2. The molecule has 1 heterocycles. The average Bonchev–Trinajstić information content (AvgIpc) is 2.86. The van der Waals surface area contributed by atoms with E-state index in [-0.39, 0.29) is 5.82 Å². The SMILES string of the molecule is CCCOc1ccc(-c2ccc3c(F)c(CCc4ccc(OCC(F)(F)F)c(F)c4)ccc3c2)nc1. The summed E-state index contributed by atoms with van der Waals surface area (Å²) in [6, 6.07) is 16.3. The van der Waals surface area contributed by atoms with Crippen molar-refractivity contribution >= 4 is 10.8 Å². The smallest absolute Gasteiger partial charge is 0.422 e. The van der Waals surface area contributed by atoms with E-state index in [2.05, 4.69) is 9.72 Å². The van der Waals surface area contributed by atoms with Crippen molar-refractivity contribution in [2.75, 3.05) is 13.2 Å². The van der Waals surface area contributed by atoms with Crippen molar-refractivity contribution in [1.82, 2.24) is 4.98 Å². The highest BCUT2D eigenvalue weighted by Gasteiger charge is 2.29. The van der Waals surface area contributed by atoms with E-state index >= 15 is 4.39 Å². The Morgan fingerprint density at radius 3 is 2.39 bits per heavy atom. The van der Waals surface area contributed by atoms with E-state index in [1.807, 2.05) is 31.2 Å². The summed E-state index contributed by atoms with van der Waals surface area (Å²) in [5.41, 5.74) is 2.58. The first kappa shape index (κ1) is 25.4. The molecule has 4 rings (SSSR count). The highest BCUT2D eigenvalue weighted by molar-refractivity contribution is 5.88. The van der Waals surface area contributed by atoms with Gasteiger partial charge in [0, 0.05) is 10.9 Å². The van der Waals surface area contributed by atoms with Gasteiger partial charge in [-0.3, -0.25) is 4.98 Å². The van der Waals surface area contributed by atoms with Gasteiger partial charge in [0.05, 0.1) is 18.5 Å². The number of pyridine rings is 1. The van der Waals surface area contributed by atoms with Gasteiger partial charge in [0.1, 0.15) is 11.6 Å². The molecule has 0 atom stereocenters. The number of hydrogen-bond donors (Lipinski definition) is 0. The van der Waals surface area contributed by atoms with Gasteiger partial charge in [-0.1, -0.05) is 37.3 Å². The zero-order chi connectivity index (χ0) is 25.7. The first-order chi connectivity index (χ1) is 17.2. The van der Waals surface area contributed by atoms with Gasteiger partial charge in [0.2, 0.25) is 0 Å². The van der Waals surface area contributed by atoms with Gasteiger partial charge < -0.3 is 9.47 Å². The maximum atomic E-state index is 15.2. The van der Waals surface area contributed by atoms with E-state index in [0.717, 1.165) is 35.2 Å². The van der Waals surface area contributed by atoms with Crippen LogP contribution in [0.4, 0.5) is 22.0 Å². The number of benzene rings is 3. The number of hydrogen-bond acceptors (Lipinski definition) is 3. The quantitative estimate of drug-likeness (QED) is 0.220. The average molecular weight is 501 g/mol. The molecule has 4 aromatic rings. The van der Waals surface area contributed by atoms with Crippen LogP contribution in [0.25, 0.3) is 22.0 Å². The first-order valence-electron chi connectivity index (χ1n) is 11.5. The number of nitrogens with zero attached hydrogens (tertiary/aromatic N) is 1. The molecule has 0 amide bonds. The number of rotatable bonds is 9. The van der Waals surface area contributed by atoms with Gasteiger partial charge in [0.15, 0.2) is 18.2 Å². The predicted molar refractivity (Wildman–Crippen MR) is 128 cm³/mol. The Balaban J connectivity index is 1.45. The minimum absolute atomic E-state index is 0.298. The van der Waals surface area contributed by atoms with Crippen LogP contribution < -0.4 is 9.47 Å². The Bertz CT molecular complexity index is 1340. The number of halogens is 5. The molecule has 0 aliphatic carbocycles. The maximum Gasteiger partial charge on any atom is 0.422 e. The van der Waals surface area contributed by atoms with Crippen molar-refractivity contribution < 1.29 is 31.4 Å². The van der Waals surface area contributed by atoms with Gasteiger partial charge in [-0.05, 0) is 66.1 Å². The van der Waals surface area contributed by atoms with Gasteiger partial charge in [-0.25, -0.2) is 8.78 Å². The summed E-state index contributed by atoms with van der Waals surface area (Å²) < 4.78 is 76.2. The fraction of sp³-hybridized carbons (Fsp3) is 0.250. The molecule has 8 heteroatoms. The number of aryl methyl sites for hydroxylation is 2. The molecule has 0 aliphatic heterocycles. The Morgan fingerprint density at radius 1 is 0.861 bits per heavy atom. The topological polar surface area (TPSA) is 31.4 Å². The molecule has 0 radical (unpaired) electrons. The highest BCUT2D eigenvalue weighted by atomic mass is 19.4. The van der Waals surface area contributed by atoms with Crippen molar-refractivity contribution in [2.24, 2.45) is 0 Å². The third-order valence-electron chi connectivity index (χ3n) is 5.61. The Kier molecular flexibility index (Phi) is 7.72. The van der Waals surface area contributed by atoms with Gasteiger partial charge in [-0.2, -0.15) is 13.2 Å². The number of aromatic nitrogens is 1. The van der Waals surface area contributed by atoms with Crippen LogP contribution in [0.1, 0.15) is 24.5 Å². The molecule has 0 fully saturated rings. The van der Waals surface area contributed by atoms with E-state index < -0.39 is 24.3 Å². The lowest BCUT2D eigenvalue weighted by Crippen LogP contribution is -2.19. The number of alkyl halides is 3. The van der Waals surface area contributed by atoms with Crippen molar-refractivity contribution in [3.05, 3.63) is 89.6 Å². The molecule has 36 heavy (non-hydrogen) atoms. The zero-order valence-electron chi connectivity index (χ0n) is 19.5. The molecule has 3 nitrogen and oxygen atoms in total. The van der Waals surface area contributed by atoms with Gasteiger partial charge in [-0.15, -0.1) is 0 Å². The van der Waals surface area contributed by atoms with Crippen LogP contribution in [0.3, 0.4) is 0 Å². The summed E-state index contributed by atoms with van der Waals surface area (Å²) in [7, 11) is 0. The van der Waals surface area contributed by atoms with Crippen LogP contribution in [0.5, 0.6) is 11.5 Å². The lowest BCUT2D eigenvalue weighted by atomic mass is 9.98. The number of fused-ring (bicyclic) bond motifs is 1. The summed E-state index contributed by atoms with van der Waals surface area (Å²) in [5.74, 6) is -1.02. The molecular weight excluding hydrogens is 477 g/mol. The van der Waals surface area contributed by atoms with Crippen molar-refractivity contribution in [2.45, 2.75) is 32.4 Å². The second-order valence-corrected chi connectivity index (χ2v) is 8.37. The summed E-state index contributed by atoms with van der Waals surface area (Å²) >= 11 is 0. The van der Waals surface area contributed by atoms with Crippen molar-refractivity contribution in [1.29, 1.82) is 0 Å². The first-order valence-corrected chi connectivity index (χ1v) is 11.5. The molecule has 0 spiro atoms. The highest BCUT2D eigenvalue weighted by Crippen LogP contribution is 2.28. The Morgan fingerprint density at radius 2 is 1.69 bits per heavy atom. The molecule has 0 unspecified atom stereocenters. The molecule has 0 saturated carbocycles. The van der Waals surface area contributed by atoms with Crippen LogP contribution in [0, 0.1) is 11.6 Å². The minimum Gasteiger partial charge on any atom is -0.492 e. The molecule has 0 aliphatic rings. The molecule has 0 saturated heterocycles. The molecule has 188 valence electrons. The van der Waals surface area contributed by atoms with E-state index in [1.165, 1.54) is 6.07 Å². The Labute approximate surface area is 205 Å². The lowest BCUT2D eigenvalue weighted by Gasteiger charge is -2.11. The third kappa shape index (κ3) is 6.30. The molecule has 1 aromatic heterocycles. The van der Waals surface area contributed by atoms with E-state index in [9.17, 15) is 17.6 Å². The summed E-state index contributed by atoms with van der Waals surface area (Å²) in [4.78, 5) is 4.43. The largest absolute Gasteiger partial charge is 0.492 e. The third-order valence-corrected chi connectivity index (χ3v) is 5.61. The van der Waals surface area contributed by atoms with Crippen molar-refractivity contribution in [3.63, 3.8) is 0 Å². The summed E-state index contributed by atoms with van der Waals surface area (Å²) in [6.07, 6.45) is -1.37. The van der Waals surface area contributed by atoms with E-state index in [4.69, 9.17) is 4.74 Å². The van der Waals surface area contributed by atoms with Crippen LogP contribution >= 0.6 is 0 Å². The zero-order valence-corrected chi connectivity index (χ0v) is 19.5. The minimum atomic E-state index is -4.55. The summed E-state index contributed by atoms with van der Waals surface area (Å²) in [6.45, 7) is 1.08. The maximum absolute atomic E-state index is 15.2. The molecule has 0 bridgehead atoms. The van der Waals surface area contributed by atoms with Crippen LogP contribution in [0.15, 0.2) is 66.9 Å². The van der Waals surface area contributed by atoms with E-state index in [1.54, 1.807) is 24.4 Å². The van der Waals surface area contributed by atoms with Crippen LogP contribution in [0.2, 0.25) is 0 Å². The molecule has 0 N–H and O–H groups in total. The lowest BCUT2D eigenvalue weighted by molar-refractivity contribution is -0.153. The monoisotopic (exact) mass is 501 g/mol. The predicted octanol–water partition coefficient (Wildman–Crippen LogP) is 7.70. The van der Waals surface area contributed by atoms with Crippen LogP contribution in [-0.2, 0) is 12.8 Å². The van der Waals surface area contributed by atoms with Gasteiger partial charge in [0.25, 0.3) is 0 Å². The standard InChI is InChI=1S/C28H24F5NO2/c1-2-13-35-22-9-11-25(34-16-22)21-8-10-23-20(15-21)7-6-19(27(23)30)5-3-18-4-12-26(24(29)14-18)36-17-28(31,32)33/h4,6-12,14-16H,2-3,5,13,17H2,1H3. The summed E-state index contributed by atoms with van der Waals surface area (Å²) in [5, 5.41) is 1.18. The molecule has 3 aromatic carbocycles. The second kappa shape index (κ2) is 10.9.